The molecule has 0 N–H and O–H groups in total. The van der Waals surface area contributed by atoms with E-state index in [-0.39, 0.29) is 17.9 Å². The van der Waals surface area contributed by atoms with Crippen molar-refractivity contribution < 1.29 is 19.1 Å². The number of hydrogen-bond donors (Lipinski definition) is 0. The number of amides is 3. The zero-order chi connectivity index (χ0) is 26.5. The van der Waals surface area contributed by atoms with Crippen molar-refractivity contribution in [3.8, 4) is 11.5 Å². The Bertz CT molecular complexity index is 1260. The van der Waals surface area contributed by atoms with Crippen LogP contribution in [0.1, 0.15) is 65.2 Å². The monoisotopic (exact) mass is 503 g/mol. The summed E-state index contributed by atoms with van der Waals surface area (Å²) in [5.41, 5.74) is 5.70. The van der Waals surface area contributed by atoms with Gasteiger partial charge >= 0.3 is 6.03 Å². The summed E-state index contributed by atoms with van der Waals surface area (Å²) < 4.78 is 11.3. The predicted molar refractivity (Wildman–Crippen MR) is 143 cm³/mol. The molecule has 0 aliphatic carbocycles. The summed E-state index contributed by atoms with van der Waals surface area (Å²) in [4.78, 5) is 33.1. The van der Waals surface area contributed by atoms with Gasteiger partial charge in [0.25, 0.3) is 5.91 Å². The van der Waals surface area contributed by atoms with Crippen LogP contribution >= 0.6 is 0 Å². The molecule has 5 rings (SSSR count). The number of methoxy groups -OCH3 is 2. The number of ether oxygens (including phenoxy) is 2. The molecule has 3 amide bonds. The number of rotatable bonds is 4. The molecule has 2 aromatic carbocycles. The standard InChI is InChI=1S/C30H37N3O4/c1-7-33-29(35)32-18-23-16-24(36-5)17-25(37-6)27(23)21(4)15-26(32)30(33)8-10-31(11-9-30)28(34)22-13-19(2)12-20(3)14-22/h12-17,21H,7-11,18H2,1-6H3/t21-/m0/s1. The fourth-order valence-electron chi connectivity index (χ4n) is 6.62. The van der Waals surface area contributed by atoms with Crippen LogP contribution in [0.4, 0.5) is 4.79 Å². The number of urea groups is 1. The maximum absolute atomic E-state index is 13.8. The summed E-state index contributed by atoms with van der Waals surface area (Å²) in [5.74, 6) is 1.63. The average molecular weight is 504 g/mol. The normalized spacial score (nSPS) is 20.4. The van der Waals surface area contributed by atoms with Crippen molar-refractivity contribution in [2.45, 2.75) is 58.5 Å². The SMILES string of the molecule is CCN1C(=O)N2Cc3cc(OC)cc(OC)c3[C@@H](C)C=C2C12CCN(C(=O)c1cc(C)cc(C)c1)CC2. The van der Waals surface area contributed by atoms with Crippen LogP contribution in [0.15, 0.2) is 42.1 Å². The van der Waals surface area contributed by atoms with Gasteiger partial charge in [-0.2, -0.15) is 0 Å². The summed E-state index contributed by atoms with van der Waals surface area (Å²) in [6, 6.07) is 9.98. The summed E-state index contributed by atoms with van der Waals surface area (Å²) >= 11 is 0. The van der Waals surface area contributed by atoms with Crippen LogP contribution in [0.25, 0.3) is 0 Å². The highest BCUT2D eigenvalue weighted by atomic mass is 16.5. The van der Waals surface area contributed by atoms with Crippen LogP contribution in [0.5, 0.6) is 11.5 Å². The van der Waals surface area contributed by atoms with E-state index in [1.165, 1.54) is 0 Å². The van der Waals surface area contributed by atoms with E-state index in [9.17, 15) is 9.59 Å². The number of fused-ring (bicyclic) bond motifs is 3. The Balaban J connectivity index is 1.48. The highest BCUT2D eigenvalue weighted by molar-refractivity contribution is 5.95. The fraction of sp³-hybridized carbons (Fsp3) is 0.467. The molecule has 7 nitrogen and oxygen atoms in total. The van der Waals surface area contributed by atoms with Crippen molar-refractivity contribution in [1.82, 2.24) is 14.7 Å². The number of hydrogen-bond acceptors (Lipinski definition) is 4. The topological polar surface area (TPSA) is 62.3 Å². The van der Waals surface area contributed by atoms with Crippen LogP contribution in [0.3, 0.4) is 0 Å². The molecule has 2 aromatic rings. The Labute approximate surface area is 219 Å². The number of piperidine rings is 1. The molecule has 196 valence electrons. The lowest BCUT2D eigenvalue weighted by atomic mass is 9.82. The predicted octanol–water partition coefficient (Wildman–Crippen LogP) is 5.25. The molecule has 0 saturated carbocycles. The van der Waals surface area contributed by atoms with Gasteiger partial charge in [-0.25, -0.2) is 4.79 Å². The Morgan fingerprint density at radius 3 is 2.30 bits per heavy atom. The van der Waals surface area contributed by atoms with E-state index in [2.05, 4.69) is 19.1 Å². The molecule has 3 aliphatic rings. The molecule has 0 aromatic heterocycles. The minimum absolute atomic E-state index is 0.0321. The summed E-state index contributed by atoms with van der Waals surface area (Å²) in [6.45, 7) is 10.6. The Morgan fingerprint density at radius 2 is 1.70 bits per heavy atom. The van der Waals surface area contributed by atoms with Gasteiger partial charge in [0, 0.05) is 48.4 Å². The maximum Gasteiger partial charge on any atom is 0.325 e. The molecule has 0 radical (unpaired) electrons. The Morgan fingerprint density at radius 1 is 1.03 bits per heavy atom. The van der Waals surface area contributed by atoms with Gasteiger partial charge in [-0.1, -0.05) is 30.2 Å². The first-order valence-corrected chi connectivity index (χ1v) is 13.2. The van der Waals surface area contributed by atoms with Crippen molar-refractivity contribution in [2.24, 2.45) is 0 Å². The molecule has 2 saturated heterocycles. The smallest absolute Gasteiger partial charge is 0.325 e. The molecule has 2 fully saturated rings. The third-order valence-electron chi connectivity index (χ3n) is 8.26. The van der Waals surface area contributed by atoms with E-state index in [0.29, 0.717) is 26.2 Å². The van der Waals surface area contributed by atoms with Gasteiger partial charge < -0.3 is 19.3 Å². The first kappa shape index (κ1) is 25.2. The molecule has 3 heterocycles. The van der Waals surface area contributed by atoms with Gasteiger partial charge in [0.15, 0.2) is 0 Å². The highest BCUT2D eigenvalue weighted by Crippen LogP contribution is 2.49. The molecule has 1 atom stereocenters. The first-order valence-electron chi connectivity index (χ1n) is 13.2. The highest BCUT2D eigenvalue weighted by Gasteiger charge is 2.55. The number of likely N-dealkylation sites (tertiary alicyclic amines) is 1. The zero-order valence-corrected chi connectivity index (χ0v) is 22.8. The molecule has 0 bridgehead atoms. The van der Waals surface area contributed by atoms with Crippen LogP contribution in [0.2, 0.25) is 0 Å². The fourth-order valence-corrected chi connectivity index (χ4v) is 6.62. The minimum Gasteiger partial charge on any atom is -0.497 e. The van der Waals surface area contributed by atoms with Gasteiger partial charge in [0.1, 0.15) is 11.5 Å². The molecular weight excluding hydrogens is 466 g/mol. The van der Waals surface area contributed by atoms with Crippen LogP contribution in [0, 0.1) is 13.8 Å². The van der Waals surface area contributed by atoms with E-state index in [1.807, 2.05) is 59.7 Å². The van der Waals surface area contributed by atoms with Crippen LogP contribution in [-0.2, 0) is 6.54 Å². The molecule has 7 heteroatoms. The first-order chi connectivity index (χ1) is 17.7. The van der Waals surface area contributed by atoms with Crippen molar-refractivity contribution in [1.29, 1.82) is 0 Å². The lowest BCUT2D eigenvalue weighted by Gasteiger charge is -2.44. The van der Waals surface area contributed by atoms with E-state index in [0.717, 1.165) is 57.9 Å². The molecular formula is C30H37N3O4. The number of likely N-dealkylation sites (N-methyl/N-ethyl adjacent to an activating group) is 1. The van der Waals surface area contributed by atoms with Crippen LogP contribution in [-0.4, -0.2) is 66.0 Å². The number of carbonyl (C=O) groups excluding carboxylic acids is 2. The molecule has 1 spiro atoms. The van der Waals surface area contributed by atoms with E-state index in [1.54, 1.807) is 14.2 Å². The Hall–Kier alpha value is -3.48. The van der Waals surface area contributed by atoms with Gasteiger partial charge in [-0.3, -0.25) is 9.69 Å². The van der Waals surface area contributed by atoms with Gasteiger partial charge in [-0.15, -0.1) is 0 Å². The number of nitrogens with zero attached hydrogens (tertiary/aromatic N) is 3. The zero-order valence-electron chi connectivity index (χ0n) is 22.8. The third kappa shape index (κ3) is 4.05. The second-order valence-electron chi connectivity index (χ2n) is 10.6. The number of allylic oxidation sites excluding steroid dienone is 1. The molecule has 3 aliphatic heterocycles. The lowest BCUT2D eigenvalue weighted by Crippen LogP contribution is -2.54. The van der Waals surface area contributed by atoms with Crippen molar-refractivity contribution in [2.75, 3.05) is 33.9 Å². The van der Waals surface area contributed by atoms with E-state index < -0.39 is 5.54 Å². The number of aryl methyl sites for hydroxylation is 2. The van der Waals surface area contributed by atoms with Gasteiger partial charge in [0.05, 0.1) is 26.3 Å². The summed E-state index contributed by atoms with van der Waals surface area (Å²) in [6.07, 6.45) is 3.68. The van der Waals surface area contributed by atoms with E-state index >= 15 is 0 Å². The second-order valence-corrected chi connectivity index (χ2v) is 10.6. The minimum atomic E-state index is -0.418. The molecule has 0 unspecified atom stereocenters. The average Bonchev–Trinajstić information content (AvgIpc) is 2.99. The van der Waals surface area contributed by atoms with E-state index in [4.69, 9.17) is 9.47 Å². The summed E-state index contributed by atoms with van der Waals surface area (Å²) in [5, 5.41) is 0. The lowest BCUT2D eigenvalue weighted by molar-refractivity contribution is 0.0575. The second kappa shape index (κ2) is 9.43. The number of benzene rings is 2. The molecule has 37 heavy (non-hydrogen) atoms. The largest absolute Gasteiger partial charge is 0.497 e. The van der Waals surface area contributed by atoms with Crippen molar-refractivity contribution >= 4 is 11.9 Å². The van der Waals surface area contributed by atoms with Gasteiger partial charge in [0.2, 0.25) is 0 Å². The third-order valence-corrected chi connectivity index (χ3v) is 8.26. The maximum atomic E-state index is 13.8. The van der Waals surface area contributed by atoms with Crippen molar-refractivity contribution in [3.63, 3.8) is 0 Å². The quantitative estimate of drug-likeness (QED) is 0.572. The van der Waals surface area contributed by atoms with Gasteiger partial charge in [-0.05, 0) is 57.4 Å². The summed E-state index contributed by atoms with van der Waals surface area (Å²) in [7, 11) is 3.32. The van der Waals surface area contributed by atoms with Crippen LogP contribution < -0.4 is 9.47 Å². The number of carbonyl (C=O) groups is 2. The van der Waals surface area contributed by atoms with Crippen molar-refractivity contribution in [3.05, 3.63) is 69.9 Å². The Kier molecular flexibility index (Phi) is 6.42.